The maximum atomic E-state index is 14.9. The number of hydrogen-bond donors (Lipinski definition) is 0. The summed E-state index contributed by atoms with van der Waals surface area (Å²) in [6.45, 7) is 3.60. The highest BCUT2D eigenvalue weighted by Crippen LogP contribution is 2.34. The first-order chi connectivity index (χ1) is 12.9. The summed E-state index contributed by atoms with van der Waals surface area (Å²) in [4.78, 5) is 11.6. The quantitative estimate of drug-likeness (QED) is 0.630. The molecule has 0 spiro atoms. The van der Waals surface area contributed by atoms with Crippen LogP contribution in [0.5, 0.6) is 11.5 Å². The van der Waals surface area contributed by atoms with Gasteiger partial charge in [0.25, 0.3) is 6.43 Å². The number of ether oxygens (including phenoxy) is 2. The molecule has 0 unspecified atom stereocenters. The van der Waals surface area contributed by atoms with Crippen molar-refractivity contribution >= 4 is 5.97 Å². The second-order valence-electron chi connectivity index (χ2n) is 5.67. The number of hydrogen-bond acceptors (Lipinski definition) is 4. The molecule has 0 radical (unpaired) electrons. The Kier molecular flexibility index (Phi) is 6.83. The zero-order valence-corrected chi connectivity index (χ0v) is 14.9. The largest absolute Gasteiger partial charge is 0.466 e. The van der Waals surface area contributed by atoms with Gasteiger partial charge in [0.1, 0.15) is 5.75 Å². The van der Waals surface area contributed by atoms with Crippen LogP contribution in [0.2, 0.25) is 0 Å². The number of alkyl halides is 2. The molecule has 0 N–H and O–H groups in total. The molecule has 0 aliphatic carbocycles. The normalized spacial score (nSPS) is 10.6. The Hall–Kier alpha value is -3.01. The van der Waals surface area contributed by atoms with E-state index in [9.17, 15) is 18.0 Å². The summed E-state index contributed by atoms with van der Waals surface area (Å²) in [5.41, 5.74) is 0.154. The first-order valence-corrected chi connectivity index (χ1v) is 8.36. The van der Waals surface area contributed by atoms with E-state index in [1.54, 1.807) is 26.0 Å². The van der Waals surface area contributed by atoms with E-state index in [2.05, 4.69) is 0 Å². The number of rotatable bonds is 7. The zero-order valence-electron chi connectivity index (χ0n) is 14.9. The van der Waals surface area contributed by atoms with Gasteiger partial charge in [-0.25, -0.2) is 13.2 Å². The number of nitriles is 1. The number of benzene rings is 2. The van der Waals surface area contributed by atoms with Crippen molar-refractivity contribution in [1.29, 1.82) is 5.26 Å². The molecular formula is C20H18F3NO3. The molecule has 142 valence electrons. The van der Waals surface area contributed by atoms with Gasteiger partial charge in [-0.15, -0.1) is 0 Å². The average Bonchev–Trinajstić information content (AvgIpc) is 2.65. The Morgan fingerprint density at radius 1 is 1.19 bits per heavy atom. The van der Waals surface area contributed by atoms with Gasteiger partial charge in [-0.2, -0.15) is 5.26 Å². The Bertz CT molecular complexity index is 876. The van der Waals surface area contributed by atoms with Crippen molar-refractivity contribution < 1.29 is 27.4 Å². The van der Waals surface area contributed by atoms with Crippen molar-refractivity contribution in [3.8, 4) is 17.6 Å². The van der Waals surface area contributed by atoms with Crippen molar-refractivity contribution in [1.82, 2.24) is 0 Å². The molecule has 0 aromatic heterocycles. The average molecular weight is 377 g/mol. The smallest absolute Gasteiger partial charge is 0.310 e. The third-order valence-corrected chi connectivity index (χ3v) is 3.81. The predicted octanol–water partition coefficient (Wildman–Crippen LogP) is 5.10. The molecule has 0 bridgehead atoms. The molecule has 2 aromatic carbocycles. The molecule has 7 heteroatoms. The topological polar surface area (TPSA) is 59.3 Å². The maximum absolute atomic E-state index is 14.9. The van der Waals surface area contributed by atoms with Crippen LogP contribution in [0.4, 0.5) is 13.2 Å². The summed E-state index contributed by atoms with van der Waals surface area (Å²) in [7, 11) is 0. The van der Waals surface area contributed by atoms with Crippen molar-refractivity contribution in [3.05, 3.63) is 58.4 Å². The number of carbonyl (C=O) groups is 1. The second-order valence-corrected chi connectivity index (χ2v) is 5.67. The van der Waals surface area contributed by atoms with Crippen molar-refractivity contribution in [3.63, 3.8) is 0 Å². The van der Waals surface area contributed by atoms with Crippen LogP contribution in [0, 0.1) is 17.1 Å². The molecule has 0 amide bonds. The van der Waals surface area contributed by atoms with Crippen molar-refractivity contribution in [2.24, 2.45) is 0 Å². The van der Waals surface area contributed by atoms with Crippen LogP contribution in [-0.4, -0.2) is 12.6 Å². The minimum Gasteiger partial charge on any atom is -0.466 e. The van der Waals surface area contributed by atoms with E-state index in [1.807, 2.05) is 0 Å². The molecule has 0 aliphatic rings. The van der Waals surface area contributed by atoms with Gasteiger partial charge in [-0.05, 0) is 37.1 Å². The Morgan fingerprint density at radius 3 is 2.48 bits per heavy atom. The predicted molar refractivity (Wildman–Crippen MR) is 92.3 cm³/mol. The number of carbonyl (C=O) groups excluding carboxylic acids is 1. The highest BCUT2D eigenvalue weighted by atomic mass is 19.3. The van der Waals surface area contributed by atoms with Gasteiger partial charge < -0.3 is 9.47 Å². The summed E-state index contributed by atoms with van der Waals surface area (Å²) >= 11 is 0. The summed E-state index contributed by atoms with van der Waals surface area (Å²) in [6.07, 6.45) is -2.65. The van der Waals surface area contributed by atoms with E-state index < -0.39 is 23.8 Å². The van der Waals surface area contributed by atoms with Crippen LogP contribution < -0.4 is 4.74 Å². The minimum absolute atomic E-state index is 0.0241. The van der Waals surface area contributed by atoms with Gasteiger partial charge in [0, 0.05) is 11.1 Å². The van der Waals surface area contributed by atoms with E-state index in [1.165, 1.54) is 12.1 Å². The minimum atomic E-state index is -2.80. The first kappa shape index (κ1) is 20.3. The van der Waals surface area contributed by atoms with E-state index >= 15 is 0 Å². The molecular weight excluding hydrogens is 359 g/mol. The van der Waals surface area contributed by atoms with Crippen molar-refractivity contribution in [2.45, 2.75) is 33.1 Å². The lowest BCUT2D eigenvalue weighted by atomic mass is 10.0. The fourth-order valence-corrected chi connectivity index (χ4v) is 2.52. The number of halogens is 3. The SMILES string of the molecule is CCOC(=O)Cc1ccc(CC)c(Oc2cc(C#N)cc(C(F)F)c2)c1F. The lowest BCUT2D eigenvalue weighted by Crippen LogP contribution is -2.10. The Labute approximate surface area is 155 Å². The molecule has 0 aliphatic heterocycles. The van der Waals surface area contributed by atoms with Crippen molar-refractivity contribution in [2.75, 3.05) is 6.61 Å². The molecule has 0 heterocycles. The van der Waals surface area contributed by atoms with Gasteiger partial charge in [0.05, 0.1) is 24.7 Å². The van der Waals surface area contributed by atoms with Crippen LogP contribution in [-0.2, 0) is 22.4 Å². The zero-order chi connectivity index (χ0) is 20.0. The molecule has 0 saturated carbocycles. The summed E-state index contributed by atoms with van der Waals surface area (Å²) < 4.78 is 51.3. The van der Waals surface area contributed by atoms with Gasteiger partial charge in [-0.1, -0.05) is 19.1 Å². The van der Waals surface area contributed by atoms with Gasteiger partial charge in [0.15, 0.2) is 11.6 Å². The monoisotopic (exact) mass is 377 g/mol. The van der Waals surface area contributed by atoms with Gasteiger partial charge in [-0.3, -0.25) is 4.79 Å². The molecule has 2 aromatic rings. The van der Waals surface area contributed by atoms with Gasteiger partial charge in [0.2, 0.25) is 0 Å². The first-order valence-electron chi connectivity index (χ1n) is 8.36. The molecule has 0 saturated heterocycles. The molecule has 4 nitrogen and oxygen atoms in total. The third kappa shape index (κ3) is 5.00. The van der Waals surface area contributed by atoms with Gasteiger partial charge >= 0.3 is 5.97 Å². The van der Waals surface area contributed by atoms with E-state index in [-0.39, 0.29) is 35.7 Å². The maximum Gasteiger partial charge on any atom is 0.310 e. The lowest BCUT2D eigenvalue weighted by molar-refractivity contribution is -0.142. The third-order valence-electron chi connectivity index (χ3n) is 3.81. The molecule has 0 atom stereocenters. The fourth-order valence-electron chi connectivity index (χ4n) is 2.52. The van der Waals surface area contributed by atoms with Crippen LogP contribution in [0.3, 0.4) is 0 Å². The van der Waals surface area contributed by atoms with Crippen LogP contribution in [0.1, 0.15) is 42.5 Å². The lowest BCUT2D eigenvalue weighted by Gasteiger charge is -2.15. The fraction of sp³-hybridized carbons (Fsp3) is 0.300. The number of esters is 1. The number of nitrogens with zero attached hydrogens (tertiary/aromatic N) is 1. The van der Waals surface area contributed by atoms with Crippen LogP contribution in [0.25, 0.3) is 0 Å². The Morgan fingerprint density at radius 2 is 1.89 bits per heavy atom. The molecule has 27 heavy (non-hydrogen) atoms. The molecule has 2 rings (SSSR count). The highest BCUT2D eigenvalue weighted by molar-refractivity contribution is 5.73. The van der Waals surface area contributed by atoms with E-state index in [0.29, 0.717) is 12.0 Å². The standard InChI is InChI=1S/C20H18F3NO3/c1-3-13-5-6-14(10-17(25)26-4-2)18(21)19(13)27-16-8-12(11-24)7-15(9-16)20(22)23/h5-9,20H,3-4,10H2,1-2H3. The summed E-state index contributed by atoms with van der Waals surface area (Å²) in [6, 6.07) is 8.21. The summed E-state index contributed by atoms with van der Waals surface area (Å²) in [5.74, 6) is -1.58. The Balaban J connectivity index is 2.44. The van der Waals surface area contributed by atoms with Crippen LogP contribution in [0.15, 0.2) is 30.3 Å². The summed E-state index contributed by atoms with van der Waals surface area (Å²) in [5, 5.41) is 9.01. The number of aryl methyl sites for hydroxylation is 1. The molecule has 0 fully saturated rings. The second kappa shape index (κ2) is 9.08. The van der Waals surface area contributed by atoms with E-state index in [0.717, 1.165) is 12.1 Å². The van der Waals surface area contributed by atoms with E-state index in [4.69, 9.17) is 14.7 Å². The highest BCUT2D eigenvalue weighted by Gasteiger charge is 2.19. The van der Waals surface area contributed by atoms with Crippen LogP contribution >= 0.6 is 0 Å².